The smallest absolute Gasteiger partial charge is 0.385 e. The van der Waals surface area contributed by atoms with Crippen molar-refractivity contribution in [2.45, 2.75) is 19.5 Å². The number of alkyl halides is 3. The Balaban J connectivity index is 2.24. The van der Waals surface area contributed by atoms with E-state index in [1.54, 1.807) is 6.07 Å². The first-order chi connectivity index (χ1) is 11.3. The number of rotatable bonds is 5. The maximum absolute atomic E-state index is 13.0. The minimum atomic E-state index is -4.63. The molecule has 0 saturated carbocycles. The average Bonchev–Trinajstić information content (AvgIpc) is 2.54. The molecule has 1 heterocycles. The molecule has 128 valence electrons. The number of carbonyl (C=O) groups is 1. The molecule has 4 nitrogen and oxygen atoms in total. The quantitative estimate of drug-likeness (QED) is 0.806. The minimum absolute atomic E-state index is 0.0131. The van der Waals surface area contributed by atoms with Gasteiger partial charge in [0, 0.05) is 23.5 Å². The zero-order valence-corrected chi connectivity index (χ0v) is 13.5. The number of hydrogen-bond donors (Lipinski definition) is 2. The molecule has 0 aliphatic carbocycles. The van der Waals surface area contributed by atoms with Gasteiger partial charge in [0.1, 0.15) is 5.69 Å². The van der Waals surface area contributed by atoms with Crippen LogP contribution in [0, 0.1) is 0 Å². The fourth-order valence-corrected chi connectivity index (χ4v) is 2.15. The Morgan fingerprint density at radius 1 is 1.25 bits per heavy atom. The first kappa shape index (κ1) is 18.1. The van der Waals surface area contributed by atoms with Crippen LogP contribution in [-0.4, -0.2) is 17.4 Å². The SMILES string of the molecule is CCCNc1ccnc(C(=O)Nc2ccc(Cl)cc2C(F)(F)F)c1. The van der Waals surface area contributed by atoms with Gasteiger partial charge in [-0.05, 0) is 36.8 Å². The summed E-state index contributed by atoms with van der Waals surface area (Å²) in [5.41, 5.74) is -0.697. The number of aromatic nitrogens is 1. The highest BCUT2D eigenvalue weighted by Gasteiger charge is 2.34. The zero-order chi connectivity index (χ0) is 17.7. The van der Waals surface area contributed by atoms with E-state index >= 15 is 0 Å². The van der Waals surface area contributed by atoms with Gasteiger partial charge < -0.3 is 10.6 Å². The van der Waals surface area contributed by atoms with Gasteiger partial charge in [-0.3, -0.25) is 9.78 Å². The molecular weight excluding hydrogens is 343 g/mol. The first-order valence-corrected chi connectivity index (χ1v) is 7.57. The Bertz CT molecular complexity index is 735. The van der Waals surface area contributed by atoms with Crippen molar-refractivity contribution in [3.05, 3.63) is 52.8 Å². The van der Waals surface area contributed by atoms with Gasteiger partial charge in [-0.1, -0.05) is 18.5 Å². The third kappa shape index (κ3) is 4.61. The van der Waals surface area contributed by atoms with Gasteiger partial charge in [0.25, 0.3) is 5.91 Å². The summed E-state index contributed by atoms with van der Waals surface area (Å²) in [6, 6.07) is 6.31. The van der Waals surface area contributed by atoms with Crippen LogP contribution in [0.1, 0.15) is 29.4 Å². The summed E-state index contributed by atoms with van der Waals surface area (Å²) >= 11 is 5.61. The lowest BCUT2D eigenvalue weighted by atomic mass is 10.1. The third-order valence-corrected chi connectivity index (χ3v) is 3.34. The highest BCUT2D eigenvalue weighted by atomic mass is 35.5. The van der Waals surface area contributed by atoms with Crippen molar-refractivity contribution >= 4 is 28.9 Å². The Hall–Kier alpha value is -2.28. The Morgan fingerprint density at radius 3 is 2.67 bits per heavy atom. The molecule has 2 rings (SSSR count). The van der Waals surface area contributed by atoms with E-state index in [0.29, 0.717) is 12.2 Å². The second-order valence-electron chi connectivity index (χ2n) is 5.00. The molecule has 0 saturated heterocycles. The van der Waals surface area contributed by atoms with E-state index in [4.69, 9.17) is 11.6 Å². The lowest BCUT2D eigenvalue weighted by molar-refractivity contribution is -0.136. The zero-order valence-electron chi connectivity index (χ0n) is 12.7. The maximum atomic E-state index is 13.0. The van der Waals surface area contributed by atoms with Gasteiger partial charge in [-0.15, -0.1) is 0 Å². The standard InChI is InChI=1S/C16H15ClF3N3O/c1-2-6-21-11-5-7-22-14(9-11)15(24)23-13-4-3-10(17)8-12(13)16(18,19)20/h3-5,7-9H,2,6H2,1H3,(H,21,22)(H,23,24). The predicted molar refractivity (Wildman–Crippen MR) is 87.4 cm³/mol. The Labute approximate surface area is 142 Å². The minimum Gasteiger partial charge on any atom is -0.385 e. The van der Waals surface area contributed by atoms with E-state index in [2.05, 4.69) is 15.6 Å². The number of amides is 1. The van der Waals surface area contributed by atoms with Crippen LogP contribution in [-0.2, 0) is 6.18 Å². The highest BCUT2D eigenvalue weighted by Crippen LogP contribution is 2.36. The van der Waals surface area contributed by atoms with Crippen molar-refractivity contribution in [3.8, 4) is 0 Å². The molecule has 1 aromatic carbocycles. The van der Waals surface area contributed by atoms with Gasteiger partial charge in [0.2, 0.25) is 0 Å². The maximum Gasteiger partial charge on any atom is 0.418 e. The van der Waals surface area contributed by atoms with Crippen molar-refractivity contribution in [2.24, 2.45) is 0 Å². The normalized spacial score (nSPS) is 11.2. The van der Waals surface area contributed by atoms with E-state index in [9.17, 15) is 18.0 Å². The monoisotopic (exact) mass is 357 g/mol. The number of halogens is 4. The molecule has 0 fully saturated rings. The van der Waals surface area contributed by atoms with Crippen molar-refractivity contribution in [1.29, 1.82) is 0 Å². The third-order valence-electron chi connectivity index (χ3n) is 3.11. The molecule has 0 atom stereocenters. The summed E-state index contributed by atoms with van der Waals surface area (Å²) in [5.74, 6) is -0.733. The topological polar surface area (TPSA) is 54.0 Å². The molecule has 0 aliphatic heterocycles. The largest absolute Gasteiger partial charge is 0.418 e. The van der Waals surface area contributed by atoms with Crippen molar-refractivity contribution in [2.75, 3.05) is 17.2 Å². The molecule has 0 unspecified atom stereocenters. The highest BCUT2D eigenvalue weighted by molar-refractivity contribution is 6.30. The fraction of sp³-hybridized carbons (Fsp3) is 0.250. The summed E-state index contributed by atoms with van der Waals surface area (Å²) in [7, 11) is 0. The van der Waals surface area contributed by atoms with E-state index in [1.165, 1.54) is 18.3 Å². The number of nitrogens with zero attached hydrogens (tertiary/aromatic N) is 1. The van der Waals surface area contributed by atoms with Crippen LogP contribution < -0.4 is 10.6 Å². The van der Waals surface area contributed by atoms with Crippen LogP contribution in [0.2, 0.25) is 5.02 Å². The van der Waals surface area contributed by atoms with Crippen LogP contribution >= 0.6 is 11.6 Å². The predicted octanol–water partition coefficient (Wildman–Crippen LogP) is 4.83. The van der Waals surface area contributed by atoms with Crippen LogP contribution in [0.3, 0.4) is 0 Å². The van der Waals surface area contributed by atoms with Crippen molar-refractivity contribution in [3.63, 3.8) is 0 Å². The summed E-state index contributed by atoms with van der Waals surface area (Å²) in [6.45, 7) is 2.70. The summed E-state index contributed by atoms with van der Waals surface area (Å²) < 4.78 is 39.1. The molecule has 8 heteroatoms. The fourth-order valence-electron chi connectivity index (χ4n) is 1.98. The molecule has 24 heavy (non-hydrogen) atoms. The van der Waals surface area contributed by atoms with Crippen molar-refractivity contribution < 1.29 is 18.0 Å². The van der Waals surface area contributed by atoms with E-state index in [-0.39, 0.29) is 16.4 Å². The van der Waals surface area contributed by atoms with Crippen LogP contribution in [0.15, 0.2) is 36.5 Å². The summed E-state index contributed by atoms with van der Waals surface area (Å²) in [4.78, 5) is 16.1. The second-order valence-corrected chi connectivity index (χ2v) is 5.43. The number of hydrogen-bond acceptors (Lipinski definition) is 3. The first-order valence-electron chi connectivity index (χ1n) is 7.19. The van der Waals surface area contributed by atoms with Gasteiger partial charge in [-0.2, -0.15) is 13.2 Å². The van der Waals surface area contributed by atoms with E-state index < -0.39 is 17.6 Å². The number of nitrogens with one attached hydrogen (secondary N) is 2. The average molecular weight is 358 g/mol. The molecule has 0 aliphatic rings. The van der Waals surface area contributed by atoms with Gasteiger partial charge in [0.05, 0.1) is 11.3 Å². The lowest BCUT2D eigenvalue weighted by Gasteiger charge is -2.14. The lowest BCUT2D eigenvalue weighted by Crippen LogP contribution is -2.18. The second kappa shape index (κ2) is 7.53. The number of benzene rings is 1. The van der Waals surface area contributed by atoms with Crippen molar-refractivity contribution in [1.82, 2.24) is 4.98 Å². The molecular formula is C16H15ClF3N3O. The number of carbonyl (C=O) groups excluding carboxylic acids is 1. The van der Waals surface area contributed by atoms with E-state index in [0.717, 1.165) is 18.6 Å². The number of anilines is 2. The molecule has 2 N–H and O–H groups in total. The van der Waals surface area contributed by atoms with E-state index in [1.807, 2.05) is 6.92 Å². The van der Waals surface area contributed by atoms with Crippen LogP contribution in [0.4, 0.5) is 24.5 Å². The molecule has 2 aromatic rings. The van der Waals surface area contributed by atoms with Crippen LogP contribution in [0.5, 0.6) is 0 Å². The molecule has 1 aromatic heterocycles. The van der Waals surface area contributed by atoms with Gasteiger partial charge >= 0.3 is 6.18 Å². The van der Waals surface area contributed by atoms with Gasteiger partial charge in [-0.25, -0.2) is 0 Å². The van der Waals surface area contributed by atoms with Crippen LogP contribution in [0.25, 0.3) is 0 Å². The summed E-state index contributed by atoms with van der Waals surface area (Å²) in [6.07, 6.45) is -2.32. The molecule has 0 bridgehead atoms. The summed E-state index contributed by atoms with van der Waals surface area (Å²) in [5, 5.41) is 5.25. The molecule has 1 amide bonds. The molecule has 0 radical (unpaired) electrons. The van der Waals surface area contributed by atoms with Gasteiger partial charge in [0.15, 0.2) is 0 Å². The number of pyridine rings is 1. The molecule has 0 spiro atoms. The Kier molecular flexibility index (Phi) is 5.66. The Morgan fingerprint density at radius 2 is 2.00 bits per heavy atom.